The maximum Gasteiger partial charge on any atom is 0.315 e. The van der Waals surface area contributed by atoms with Gasteiger partial charge in [-0.3, -0.25) is 24.7 Å². The first-order chi connectivity index (χ1) is 16.8. The molecule has 1 aliphatic carbocycles. The van der Waals surface area contributed by atoms with Crippen molar-refractivity contribution in [2.75, 3.05) is 6.61 Å². The number of unbranched alkanes of at least 4 members (excludes halogenated alkanes) is 1. The molecule has 1 unspecified atom stereocenters. The van der Waals surface area contributed by atoms with Crippen LogP contribution in [0.2, 0.25) is 0 Å². The van der Waals surface area contributed by atoms with Gasteiger partial charge in [0.2, 0.25) is 0 Å². The number of phenolic OH excluding ortho intramolecular Hbond substituents is 1. The lowest BCUT2D eigenvalue weighted by Gasteiger charge is -2.36. The number of hydrogen-bond donors (Lipinski definition) is 1. The van der Waals surface area contributed by atoms with Crippen molar-refractivity contribution in [2.24, 2.45) is 10.9 Å². The number of aliphatic imine (C=N–C) groups is 1. The Morgan fingerprint density at radius 1 is 1.17 bits per heavy atom. The van der Waals surface area contributed by atoms with Gasteiger partial charge in [-0.2, -0.15) is 0 Å². The Bertz CT molecular complexity index is 1220. The molecule has 0 radical (unpaired) electrons. The van der Waals surface area contributed by atoms with Gasteiger partial charge in [-0.1, -0.05) is 49.7 Å². The summed E-state index contributed by atoms with van der Waals surface area (Å²) < 4.78 is 5.51. The van der Waals surface area contributed by atoms with E-state index in [0.717, 1.165) is 12.0 Å². The number of esters is 1. The number of nitrogens with zero attached hydrogens (tertiary/aromatic N) is 2. The van der Waals surface area contributed by atoms with Gasteiger partial charge in [-0.25, -0.2) is 0 Å². The van der Waals surface area contributed by atoms with Gasteiger partial charge < -0.3 is 9.84 Å². The minimum absolute atomic E-state index is 0.0399. The lowest BCUT2D eigenvalue weighted by atomic mass is 9.69. The second-order valence-corrected chi connectivity index (χ2v) is 9.03. The number of allylic oxidation sites excluding steroid dienone is 2. The molecule has 0 aromatic heterocycles. The summed E-state index contributed by atoms with van der Waals surface area (Å²) in [5.74, 6) is -2.82. The predicted molar refractivity (Wildman–Crippen MR) is 130 cm³/mol. The van der Waals surface area contributed by atoms with Crippen LogP contribution in [0.5, 0.6) is 5.75 Å². The number of rotatable bonds is 7. The molecule has 0 bridgehead atoms. The van der Waals surface area contributed by atoms with Crippen molar-refractivity contribution < 1.29 is 24.4 Å². The summed E-state index contributed by atoms with van der Waals surface area (Å²) in [4.78, 5) is 42.3. The Kier molecular flexibility index (Phi) is 7.10. The van der Waals surface area contributed by atoms with Crippen LogP contribution in [-0.2, 0) is 14.3 Å². The Morgan fingerprint density at radius 3 is 2.60 bits per heavy atom. The largest absolute Gasteiger partial charge is 0.502 e. The number of ether oxygens (including phenoxy) is 1. The van der Waals surface area contributed by atoms with E-state index in [9.17, 15) is 24.8 Å². The smallest absolute Gasteiger partial charge is 0.315 e. The average Bonchev–Trinajstić information content (AvgIpc) is 2.83. The first-order valence-electron chi connectivity index (χ1n) is 11.8. The van der Waals surface area contributed by atoms with Gasteiger partial charge >= 0.3 is 11.7 Å². The van der Waals surface area contributed by atoms with Gasteiger partial charge in [-0.05, 0) is 42.9 Å². The van der Waals surface area contributed by atoms with Gasteiger partial charge in [0.1, 0.15) is 5.92 Å². The number of phenols is 1. The van der Waals surface area contributed by atoms with Gasteiger partial charge in [0.05, 0.1) is 11.5 Å². The second kappa shape index (κ2) is 10.2. The van der Waals surface area contributed by atoms with Crippen LogP contribution in [0.25, 0.3) is 0 Å². The van der Waals surface area contributed by atoms with Crippen LogP contribution >= 0.6 is 0 Å². The third-order valence-corrected chi connectivity index (χ3v) is 6.71. The maximum atomic E-state index is 13.6. The fraction of sp³-hybridized carbons (Fsp3) is 0.370. The molecule has 1 N–H and O–H groups in total. The quantitative estimate of drug-likeness (QED) is 0.253. The van der Waals surface area contributed by atoms with Crippen LogP contribution in [0.15, 0.2) is 64.8 Å². The number of Topliss-reactive ketones (excluding diaryl/α,β-unsaturated/α-hetero) is 1. The summed E-state index contributed by atoms with van der Waals surface area (Å²) in [5, 5.41) is 21.5. The number of nitro groups is 1. The van der Waals surface area contributed by atoms with Crippen LogP contribution in [0.1, 0.15) is 62.5 Å². The highest BCUT2D eigenvalue weighted by Crippen LogP contribution is 2.47. The van der Waals surface area contributed by atoms with E-state index in [1.807, 2.05) is 37.3 Å². The molecule has 1 heterocycles. The first kappa shape index (κ1) is 24.3. The monoisotopic (exact) mass is 476 g/mol. The minimum Gasteiger partial charge on any atom is -0.502 e. The third-order valence-electron chi connectivity index (χ3n) is 6.71. The molecule has 2 aromatic rings. The predicted octanol–water partition coefficient (Wildman–Crippen LogP) is 5.22. The standard InChI is InChI=1S/C27H28N2O6/c1-3-4-12-35-27(32)24-16(2)28-20-13-19(17-8-6-5-7-9-17)15-23(31)26(20)25(24)18-10-11-22(30)21(14-18)29(33)34/h5-11,14,19,24-25,30H,3-4,12-13,15H2,1-2H3/t19-,24?,25+/m1/s1. The second-order valence-electron chi connectivity index (χ2n) is 9.03. The van der Waals surface area contributed by atoms with Crippen molar-refractivity contribution in [1.82, 2.24) is 0 Å². The SMILES string of the molecule is CCCCOC(=O)C1C(C)=NC2=C(C(=O)C[C@H](c3ccccc3)C2)[C@H]1c1ccc(O)c([N+](=O)[O-])c1. The molecule has 1 aliphatic heterocycles. The molecular weight excluding hydrogens is 448 g/mol. The fourth-order valence-electron chi connectivity index (χ4n) is 4.97. The molecule has 0 fully saturated rings. The van der Waals surface area contributed by atoms with Crippen molar-refractivity contribution in [2.45, 2.75) is 51.4 Å². The van der Waals surface area contributed by atoms with Crippen LogP contribution in [0, 0.1) is 16.0 Å². The number of hydrogen-bond acceptors (Lipinski definition) is 7. The number of carbonyl (C=O) groups excluding carboxylic acids is 2. The lowest BCUT2D eigenvalue weighted by Crippen LogP contribution is -2.38. The summed E-state index contributed by atoms with van der Waals surface area (Å²) in [6, 6.07) is 13.7. The first-order valence-corrected chi connectivity index (χ1v) is 11.8. The summed E-state index contributed by atoms with van der Waals surface area (Å²) in [7, 11) is 0. The van der Waals surface area contributed by atoms with E-state index in [4.69, 9.17) is 9.73 Å². The van der Waals surface area contributed by atoms with Gasteiger partial charge in [-0.15, -0.1) is 0 Å². The lowest BCUT2D eigenvalue weighted by molar-refractivity contribution is -0.385. The summed E-state index contributed by atoms with van der Waals surface area (Å²) in [6.45, 7) is 3.96. The number of aromatic hydroxyl groups is 1. The number of nitro benzene ring substituents is 1. The van der Waals surface area contributed by atoms with Crippen LogP contribution < -0.4 is 0 Å². The van der Waals surface area contributed by atoms with Crippen molar-refractivity contribution >= 4 is 23.2 Å². The molecule has 3 atom stereocenters. The van der Waals surface area contributed by atoms with Gasteiger partial charge in [0.15, 0.2) is 11.5 Å². The molecule has 2 aliphatic rings. The van der Waals surface area contributed by atoms with E-state index < -0.39 is 34.2 Å². The molecule has 35 heavy (non-hydrogen) atoms. The van der Waals surface area contributed by atoms with E-state index >= 15 is 0 Å². The van der Waals surface area contributed by atoms with Crippen molar-refractivity contribution in [1.29, 1.82) is 0 Å². The zero-order chi connectivity index (χ0) is 25.1. The Balaban J connectivity index is 1.80. The zero-order valence-corrected chi connectivity index (χ0v) is 19.8. The van der Waals surface area contributed by atoms with Crippen LogP contribution in [-0.4, -0.2) is 34.1 Å². The topological polar surface area (TPSA) is 119 Å². The summed E-state index contributed by atoms with van der Waals surface area (Å²) >= 11 is 0. The molecule has 8 nitrogen and oxygen atoms in total. The van der Waals surface area contributed by atoms with Gasteiger partial charge in [0, 0.05) is 35.4 Å². The van der Waals surface area contributed by atoms with Crippen molar-refractivity contribution in [3.05, 3.63) is 81.0 Å². The van der Waals surface area contributed by atoms with E-state index in [1.54, 1.807) is 6.92 Å². The molecule has 4 rings (SSSR count). The molecule has 0 saturated carbocycles. The maximum absolute atomic E-state index is 13.6. The average molecular weight is 477 g/mol. The molecule has 0 amide bonds. The zero-order valence-electron chi connectivity index (χ0n) is 19.8. The summed E-state index contributed by atoms with van der Waals surface area (Å²) in [5.41, 5.74) is 2.48. The molecule has 8 heteroatoms. The summed E-state index contributed by atoms with van der Waals surface area (Å²) in [6.07, 6.45) is 2.34. The van der Waals surface area contributed by atoms with E-state index in [1.165, 1.54) is 18.2 Å². The molecule has 0 spiro atoms. The Morgan fingerprint density at radius 2 is 1.91 bits per heavy atom. The normalized spacial score (nSPS) is 21.8. The number of ketones is 1. The Hall–Kier alpha value is -3.81. The van der Waals surface area contributed by atoms with Crippen LogP contribution in [0.3, 0.4) is 0 Å². The third kappa shape index (κ3) is 4.87. The molecular formula is C27H28N2O6. The van der Waals surface area contributed by atoms with Crippen molar-refractivity contribution in [3.63, 3.8) is 0 Å². The van der Waals surface area contributed by atoms with Crippen LogP contribution in [0.4, 0.5) is 5.69 Å². The van der Waals surface area contributed by atoms with E-state index in [0.29, 0.717) is 35.4 Å². The number of benzene rings is 2. The molecule has 2 aromatic carbocycles. The molecule has 0 saturated heterocycles. The highest BCUT2D eigenvalue weighted by atomic mass is 16.6. The highest BCUT2D eigenvalue weighted by molar-refractivity contribution is 6.09. The van der Waals surface area contributed by atoms with Crippen molar-refractivity contribution in [3.8, 4) is 5.75 Å². The minimum atomic E-state index is -0.882. The fourth-order valence-corrected chi connectivity index (χ4v) is 4.97. The Labute approximate surface area is 203 Å². The van der Waals surface area contributed by atoms with E-state index in [-0.39, 0.29) is 24.7 Å². The number of carbonyl (C=O) groups is 2. The van der Waals surface area contributed by atoms with E-state index in [2.05, 4.69) is 0 Å². The molecule has 182 valence electrons. The highest BCUT2D eigenvalue weighted by Gasteiger charge is 2.45. The van der Waals surface area contributed by atoms with Gasteiger partial charge in [0.25, 0.3) is 0 Å².